The van der Waals surface area contributed by atoms with E-state index in [2.05, 4.69) is 51.1 Å². The van der Waals surface area contributed by atoms with E-state index in [0.717, 1.165) is 100 Å². The Morgan fingerprint density at radius 1 is 0.949 bits per heavy atom. The van der Waals surface area contributed by atoms with Gasteiger partial charge in [-0.1, -0.05) is 30.2 Å². The molecule has 0 spiro atoms. The van der Waals surface area contributed by atoms with E-state index in [1.54, 1.807) is 18.2 Å². The van der Waals surface area contributed by atoms with Crippen LogP contribution >= 0.6 is 0 Å². The Balaban J connectivity index is 0.641. The van der Waals surface area contributed by atoms with Crippen LogP contribution in [0.25, 0.3) is 43.8 Å². The predicted molar refractivity (Wildman–Crippen MR) is 297 cm³/mol. The van der Waals surface area contributed by atoms with E-state index in [1.165, 1.54) is 18.2 Å². The minimum absolute atomic E-state index is 0.00311. The summed E-state index contributed by atoms with van der Waals surface area (Å²) in [4.78, 5) is 49.7. The van der Waals surface area contributed by atoms with Gasteiger partial charge in [0, 0.05) is 86.3 Å². The first-order valence-electron chi connectivity index (χ1n) is 28.9. The number of carbonyl (C=O) groups excluding carboxylic acids is 2. The highest BCUT2D eigenvalue weighted by Gasteiger charge is 2.50. The largest absolute Gasteiger partial charge is 0.461 e. The number of rotatable bonds is 10. The molecular weight excluding hydrogens is 1010 g/mol. The number of aliphatic hydroxyl groups is 1. The molecule has 414 valence electrons. The molecule has 0 saturated carbocycles. The van der Waals surface area contributed by atoms with Crippen LogP contribution in [-0.2, 0) is 27.7 Å². The van der Waals surface area contributed by atoms with Crippen molar-refractivity contribution in [2.24, 2.45) is 18.9 Å². The molecule has 0 bridgehead atoms. The van der Waals surface area contributed by atoms with Gasteiger partial charge in [-0.3, -0.25) is 14.4 Å². The Morgan fingerprint density at radius 3 is 2.65 bits per heavy atom. The zero-order valence-corrected chi connectivity index (χ0v) is 45.3. The van der Waals surface area contributed by atoms with E-state index < -0.39 is 17.9 Å². The molecule has 6 saturated heterocycles. The molecule has 18 heteroatoms. The minimum Gasteiger partial charge on any atom is -0.461 e. The second-order valence-corrected chi connectivity index (χ2v) is 23.6. The number of benzene rings is 3. The quantitative estimate of drug-likeness (QED) is 0.125. The highest BCUT2D eigenvalue weighted by Crippen LogP contribution is 2.45. The van der Waals surface area contributed by atoms with Crippen LogP contribution in [0.1, 0.15) is 113 Å². The van der Waals surface area contributed by atoms with Crippen molar-refractivity contribution in [2.75, 3.05) is 69.0 Å². The van der Waals surface area contributed by atoms with Crippen molar-refractivity contribution in [3.8, 4) is 29.6 Å². The molecule has 16 nitrogen and oxygen atoms in total. The molecular formula is C61H70F2N10O6. The van der Waals surface area contributed by atoms with Crippen LogP contribution in [0.5, 0.6) is 6.01 Å². The fourth-order valence-corrected chi connectivity index (χ4v) is 14.9. The van der Waals surface area contributed by atoms with Crippen molar-refractivity contribution < 1.29 is 37.7 Å². The Labute approximate surface area is 459 Å². The number of anilines is 2. The van der Waals surface area contributed by atoms with Gasteiger partial charge in [-0.15, -0.1) is 6.42 Å². The van der Waals surface area contributed by atoms with Crippen LogP contribution in [-0.4, -0.2) is 141 Å². The van der Waals surface area contributed by atoms with E-state index in [9.17, 15) is 14.7 Å². The molecule has 2 N–H and O–H groups in total. The standard InChI is InChI=1S/C61H70F2N10O6/c1-4-43-47(62)15-10-39-8-5-9-45(51(39)43)55-53(63)56-52-48(64-55)16-12-41-33-77-29-7-24-72(41)57(52)67-59(66-56)79-35-61-22-6-25-73(61)42(18-23-61)34-78-60(76)71-28-21-38(30-36(71)2)31-37-19-26-70(27-20-37)40-11-13-44-49(32-40)69(3)68-54(44)46-14-17-50(74)65-58(46)75/h1,5,8-11,13,15,32,36-38,41-42,46,58,75H,6-7,12,14,16-31,33-35H2,2-3H3,(H,65,74)/t36-,38-,41-,42-,46?,58?,61-/m0/s1. The summed E-state index contributed by atoms with van der Waals surface area (Å²) in [7, 11) is 1.94. The fraction of sp³-hybridized carbons (Fsp3) is 0.541. The molecule has 3 aromatic heterocycles. The Kier molecular flexibility index (Phi) is 13.8. The van der Waals surface area contributed by atoms with Crippen molar-refractivity contribution in [2.45, 2.75) is 133 Å². The second-order valence-electron chi connectivity index (χ2n) is 23.6. The topological polar surface area (TPSA) is 164 Å². The van der Waals surface area contributed by atoms with E-state index in [-0.39, 0.29) is 64.4 Å². The molecule has 2 unspecified atom stereocenters. The lowest BCUT2D eigenvalue weighted by Crippen LogP contribution is -2.49. The van der Waals surface area contributed by atoms with Gasteiger partial charge in [0.25, 0.3) is 0 Å². The van der Waals surface area contributed by atoms with Crippen LogP contribution in [0.3, 0.4) is 0 Å². The summed E-state index contributed by atoms with van der Waals surface area (Å²) >= 11 is 0. The van der Waals surface area contributed by atoms with Crippen molar-refractivity contribution in [1.29, 1.82) is 0 Å². The smallest absolute Gasteiger partial charge is 0.410 e. The molecule has 3 aromatic carbocycles. The molecule has 0 aliphatic carbocycles. The molecule has 7 aliphatic heterocycles. The van der Waals surface area contributed by atoms with Crippen molar-refractivity contribution in [3.05, 3.63) is 77.1 Å². The molecule has 2 amide bonds. The lowest BCUT2D eigenvalue weighted by molar-refractivity contribution is -0.127. The third kappa shape index (κ3) is 9.46. The van der Waals surface area contributed by atoms with Gasteiger partial charge in [0.05, 0.1) is 46.0 Å². The van der Waals surface area contributed by atoms with E-state index in [0.29, 0.717) is 104 Å². The Hall–Kier alpha value is -6.68. The molecule has 6 fully saturated rings. The summed E-state index contributed by atoms with van der Waals surface area (Å²) in [6.07, 6.45) is 16.7. The number of amides is 2. The normalized spacial score (nSPS) is 26.7. The number of likely N-dealkylation sites (tertiary alicyclic amines) is 1. The van der Waals surface area contributed by atoms with Crippen molar-refractivity contribution in [3.63, 3.8) is 0 Å². The number of nitrogens with zero attached hydrogens (tertiary/aromatic N) is 9. The number of piperidine rings is 3. The zero-order valence-electron chi connectivity index (χ0n) is 45.3. The maximum atomic E-state index is 17.5. The first-order valence-corrected chi connectivity index (χ1v) is 28.9. The molecule has 7 aliphatic rings. The SMILES string of the molecule is C#Cc1c(F)ccc2cccc(-c3nc4c5c(nc(OC[C@@]67CCCN6[C@H](COC(=O)N6CC[C@H](CC8CCN(c9ccc%10c(C%11CCC(=O)NC%11O)nn(C)c%10c9)CC8)C[C@@H]6C)CC7)nc5c3F)N3CCCOC[C@@H]3CC4)c12. The average Bonchev–Trinajstić information content (AvgIpc) is 4.15. The second kappa shape index (κ2) is 21.1. The van der Waals surface area contributed by atoms with Gasteiger partial charge >= 0.3 is 12.1 Å². The van der Waals surface area contributed by atoms with E-state index >= 15 is 8.78 Å². The van der Waals surface area contributed by atoms with Crippen LogP contribution in [0, 0.1) is 35.8 Å². The van der Waals surface area contributed by atoms with Gasteiger partial charge in [-0.2, -0.15) is 15.1 Å². The number of pyridine rings is 1. The fourth-order valence-electron chi connectivity index (χ4n) is 14.9. The van der Waals surface area contributed by atoms with Gasteiger partial charge in [0.2, 0.25) is 5.91 Å². The highest BCUT2D eigenvalue weighted by atomic mass is 19.1. The summed E-state index contributed by atoms with van der Waals surface area (Å²) < 4.78 is 53.5. The van der Waals surface area contributed by atoms with Gasteiger partial charge in [0.15, 0.2) is 5.82 Å². The van der Waals surface area contributed by atoms with E-state index in [1.807, 2.05) is 22.7 Å². The summed E-state index contributed by atoms with van der Waals surface area (Å²) in [6, 6.07) is 15.1. The first-order chi connectivity index (χ1) is 38.4. The third-order valence-corrected chi connectivity index (χ3v) is 19.0. The summed E-state index contributed by atoms with van der Waals surface area (Å²) in [5, 5.41) is 20.8. The van der Waals surface area contributed by atoms with Crippen molar-refractivity contribution in [1.82, 2.24) is 39.8 Å². The van der Waals surface area contributed by atoms with E-state index in [4.69, 9.17) is 40.7 Å². The molecule has 6 aromatic rings. The highest BCUT2D eigenvalue weighted by molar-refractivity contribution is 6.03. The summed E-state index contributed by atoms with van der Waals surface area (Å²) in [5.74, 6) is 2.74. The van der Waals surface area contributed by atoms with Gasteiger partial charge in [0.1, 0.15) is 42.3 Å². The lowest BCUT2D eigenvalue weighted by atomic mass is 9.81. The number of aliphatic hydroxyl groups excluding tert-OH is 1. The van der Waals surface area contributed by atoms with Gasteiger partial charge < -0.3 is 39.3 Å². The predicted octanol–water partition coefficient (Wildman–Crippen LogP) is 8.76. The maximum Gasteiger partial charge on any atom is 0.410 e. The number of hydrogen-bond donors (Lipinski definition) is 2. The minimum atomic E-state index is -0.932. The van der Waals surface area contributed by atoms with Gasteiger partial charge in [-0.05, 0) is 138 Å². The zero-order chi connectivity index (χ0) is 54.1. The molecule has 13 rings (SSSR count). The number of aromatic nitrogens is 5. The third-order valence-electron chi connectivity index (χ3n) is 19.0. The van der Waals surface area contributed by atoms with Crippen LogP contribution in [0.15, 0.2) is 48.5 Å². The Bertz CT molecular complexity index is 3400. The molecule has 0 radical (unpaired) electrons. The van der Waals surface area contributed by atoms with Crippen LogP contribution < -0.4 is 19.9 Å². The number of nitrogens with one attached hydrogen (secondary N) is 1. The number of carbonyl (C=O) groups is 2. The lowest BCUT2D eigenvalue weighted by Gasteiger charge is -2.40. The number of hydrogen-bond acceptors (Lipinski definition) is 13. The number of fused-ring (bicyclic) bond motifs is 5. The molecule has 7 atom stereocenters. The van der Waals surface area contributed by atoms with Crippen LogP contribution in [0.4, 0.5) is 25.1 Å². The molecule has 79 heavy (non-hydrogen) atoms. The number of halogens is 2. The maximum absolute atomic E-state index is 17.5. The molecule has 10 heterocycles. The van der Waals surface area contributed by atoms with Crippen LogP contribution in [0.2, 0.25) is 0 Å². The van der Waals surface area contributed by atoms with Gasteiger partial charge in [-0.25, -0.2) is 18.6 Å². The average molecular weight is 1080 g/mol. The number of aryl methyl sites for hydroxylation is 2. The number of ether oxygens (including phenoxy) is 3. The van der Waals surface area contributed by atoms with Crippen molar-refractivity contribution >= 4 is 56.1 Å². The Morgan fingerprint density at radius 2 is 1.81 bits per heavy atom. The summed E-state index contributed by atoms with van der Waals surface area (Å²) in [6.45, 7) is 8.11. The summed E-state index contributed by atoms with van der Waals surface area (Å²) in [5.41, 5.74) is 4.03. The first kappa shape index (κ1) is 51.7. The monoisotopic (exact) mass is 1080 g/mol. The number of terminal acetylenes is 1.